The molecule has 15 heavy (non-hydrogen) atoms. The second kappa shape index (κ2) is 6.32. The molecule has 82 valence electrons. The van der Waals surface area contributed by atoms with Crippen molar-refractivity contribution in [2.45, 2.75) is 32.6 Å². The minimum Gasteiger partial charge on any atom is -0.300 e. The summed E-state index contributed by atoms with van der Waals surface area (Å²) in [4.78, 5) is 10.7. The first kappa shape index (κ1) is 11.9. The molecule has 0 saturated carbocycles. The van der Waals surface area contributed by atoms with Gasteiger partial charge in [0.15, 0.2) is 6.29 Å². The van der Waals surface area contributed by atoms with Crippen LogP contribution in [0.4, 0.5) is 0 Å². The van der Waals surface area contributed by atoms with E-state index in [1.807, 2.05) is 44.2 Å². The maximum absolute atomic E-state index is 10.7. The molecule has 0 fully saturated rings. The molecule has 0 saturated heterocycles. The normalized spacial score (nSPS) is 12.7. The number of hydrogen-bond donors (Lipinski definition) is 2. The Bertz CT molecular complexity index is 285. The second-order valence-electron chi connectivity index (χ2n) is 3.80. The van der Waals surface area contributed by atoms with E-state index < -0.39 is 0 Å². The fourth-order valence-corrected chi connectivity index (χ4v) is 1.33. The summed E-state index contributed by atoms with van der Waals surface area (Å²) in [7, 11) is 0. The van der Waals surface area contributed by atoms with Crippen LogP contribution in [-0.4, -0.2) is 18.5 Å². The van der Waals surface area contributed by atoms with Crippen LogP contribution in [0.3, 0.4) is 0 Å². The van der Waals surface area contributed by atoms with Gasteiger partial charge in [0.05, 0.1) is 0 Å². The first-order valence-corrected chi connectivity index (χ1v) is 5.21. The monoisotopic (exact) mass is 206 g/mol. The standard InChI is InChI=1S/C12H18N2O/c1-10(2)14-12(9-15)13-8-11-6-4-3-5-7-11/h3-7,9-10,12-14H,8H2,1-2H3. The fraction of sp³-hybridized carbons (Fsp3) is 0.417. The first-order chi connectivity index (χ1) is 7.22. The number of aldehydes is 1. The Balaban J connectivity index is 2.38. The van der Waals surface area contributed by atoms with Crippen LogP contribution in [0.1, 0.15) is 19.4 Å². The molecule has 0 aromatic heterocycles. The van der Waals surface area contributed by atoms with E-state index in [1.165, 1.54) is 5.56 Å². The molecule has 1 unspecified atom stereocenters. The Morgan fingerprint density at radius 2 is 1.93 bits per heavy atom. The van der Waals surface area contributed by atoms with Gasteiger partial charge in [-0.25, -0.2) is 0 Å². The Kier molecular flexibility index (Phi) is 5.01. The van der Waals surface area contributed by atoms with Gasteiger partial charge < -0.3 is 4.79 Å². The van der Waals surface area contributed by atoms with E-state index >= 15 is 0 Å². The second-order valence-corrected chi connectivity index (χ2v) is 3.80. The highest BCUT2D eigenvalue weighted by atomic mass is 16.1. The minimum absolute atomic E-state index is 0.273. The molecule has 1 atom stereocenters. The van der Waals surface area contributed by atoms with Crippen LogP contribution in [0.25, 0.3) is 0 Å². The predicted molar refractivity (Wildman–Crippen MR) is 61.4 cm³/mol. The van der Waals surface area contributed by atoms with Crippen molar-refractivity contribution < 1.29 is 4.79 Å². The summed E-state index contributed by atoms with van der Waals surface area (Å²) in [5.41, 5.74) is 1.18. The lowest BCUT2D eigenvalue weighted by molar-refractivity contribution is -0.110. The maximum atomic E-state index is 10.7. The summed E-state index contributed by atoms with van der Waals surface area (Å²) in [6, 6.07) is 10.3. The molecule has 2 N–H and O–H groups in total. The SMILES string of the molecule is CC(C)NC(C=O)NCc1ccccc1. The highest BCUT2D eigenvalue weighted by molar-refractivity contribution is 5.56. The largest absolute Gasteiger partial charge is 0.300 e. The van der Waals surface area contributed by atoms with E-state index in [9.17, 15) is 4.79 Å². The molecule has 3 heteroatoms. The Morgan fingerprint density at radius 3 is 2.47 bits per heavy atom. The molecule has 0 aliphatic heterocycles. The third kappa shape index (κ3) is 4.72. The maximum Gasteiger partial charge on any atom is 0.151 e. The molecule has 0 radical (unpaired) electrons. The first-order valence-electron chi connectivity index (χ1n) is 5.21. The molecule has 3 nitrogen and oxygen atoms in total. The van der Waals surface area contributed by atoms with E-state index in [-0.39, 0.29) is 6.17 Å². The molecule has 0 amide bonds. The van der Waals surface area contributed by atoms with Crippen molar-refractivity contribution in [3.63, 3.8) is 0 Å². The average Bonchev–Trinajstić information content (AvgIpc) is 2.25. The van der Waals surface area contributed by atoms with Gasteiger partial charge >= 0.3 is 0 Å². The zero-order chi connectivity index (χ0) is 11.1. The van der Waals surface area contributed by atoms with Crippen LogP contribution in [0, 0.1) is 0 Å². The van der Waals surface area contributed by atoms with E-state index in [1.54, 1.807) is 0 Å². The van der Waals surface area contributed by atoms with Gasteiger partial charge in [-0.05, 0) is 19.4 Å². The molecule has 0 spiro atoms. The number of nitrogens with one attached hydrogen (secondary N) is 2. The van der Waals surface area contributed by atoms with E-state index in [4.69, 9.17) is 0 Å². The fourth-order valence-electron chi connectivity index (χ4n) is 1.33. The van der Waals surface area contributed by atoms with E-state index in [0.29, 0.717) is 12.6 Å². The van der Waals surface area contributed by atoms with Gasteiger partial charge in [0.2, 0.25) is 0 Å². The van der Waals surface area contributed by atoms with Gasteiger partial charge in [-0.1, -0.05) is 30.3 Å². The third-order valence-electron chi connectivity index (χ3n) is 2.02. The summed E-state index contributed by atoms with van der Waals surface area (Å²) < 4.78 is 0. The van der Waals surface area contributed by atoms with Gasteiger partial charge in [-0.3, -0.25) is 10.6 Å². The summed E-state index contributed by atoms with van der Waals surface area (Å²) in [6.07, 6.45) is 0.619. The van der Waals surface area contributed by atoms with Crippen molar-refractivity contribution in [2.75, 3.05) is 0 Å². The van der Waals surface area contributed by atoms with Crippen molar-refractivity contribution in [1.82, 2.24) is 10.6 Å². The lowest BCUT2D eigenvalue weighted by Gasteiger charge is -2.17. The number of carbonyl (C=O) groups is 1. The zero-order valence-corrected chi connectivity index (χ0v) is 9.23. The smallest absolute Gasteiger partial charge is 0.151 e. The minimum atomic E-state index is -0.273. The summed E-state index contributed by atoms with van der Waals surface area (Å²) in [5.74, 6) is 0. The van der Waals surface area contributed by atoms with E-state index in [0.717, 1.165) is 6.29 Å². The molecule has 0 heterocycles. The Hall–Kier alpha value is -1.19. The molecule has 1 aromatic carbocycles. The summed E-state index contributed by atoms with van der Waals surface area (Å²) in [5, 5.41) is 6.26. The van der Waals surface area contributed by atoms with Crippen LogP contribution in [0.2, 0.25) is 0 Å². The average molecular weight is 206 g/mol. The van der Waals surface area contributed by atoms with Gasteiger partial charge in [0.1, 0.15) is 6.17 Å². The van der Waals surface area contributed by atoms with Crippen molar-refractivity contribution in [3.05, 3.63) is 35.9 Å². The third-order valence-corrected chi connectivity index (χ3v) is 2.02. The summed E-state index contributed by atoms with van der Waals surface area (Å²) in [6.45, 7) is 4.73. The lowest BCUT2D eigenvalue weighted by atomic mass is 10.2. The van der Waals surface area contributed by atoms with E-state index in [2.05, 4.69) is 10.6 Å². The van der Waals surface area contributed by atoms with Crippen molar-refractivity contribution >= 4 is 6.29 Å². The van der Waals surface area contributed by atoms with Crippen molar-refractivity contribution in [3.8, 4) is 0 Å². The highest BCUT2D eigenvalue weighted by Gasteiger charge is 2.06. The van der Waals surface area contributed by atoms with Crippen molar-refractivity contribution in [1.29, 1.82) is 0 Å². The topological polar surface area (TPSA) is 41.1 Å². The Morgan fingerprint density at radius 1 is 1.27 bits per heavy atom. The van der Waals surface area contributed by atoms with Gasteiger partial charge in [-0.2, -0.15) is 0 Å². The molecular formula is C12H18N2O. The quantitative estimate of drug-likeness (QED) is 0.544. The highest BCUT2D eigenvalue weighted by Crippen LogP contribution is 1.97. The molecule has 0 aliphatic carbocycles. The molecule has 1 aromatic rings. The van der Waals surface area contributed by atoms with Gasteiger partial charge in [0.25, 0.3) is 0 Å². The van der Waals surface area contributed by atoms with Crippen molar-refractivity contribution in [2.24, 2.45) is 0 Å². The predicted octanol–water partition coefficient (Wildman–Crippen LogP) is 1.30. The molecular weight excluding hydrogens is 188 g/mol. The number of rotatable bonds is 6. The van der Waals surface area contributed by atoms with Crippen LogP contribution >= 0.6 is 0 Å². The van der Waals surface area contributed by atoms with Gasteiger partial charge in [0, 0.05) is 12.6 Å². The lowest BCUT2D eigenvalue weighted by Crippen LogP contribution is -2.46. The number of hydrogen-bond acceptors (Lipinski definition) is 3. The van der Waals surface area contributed by atoms with Crippen LogP contribution in [0.15, 0.2) is 30.3 Å². The molecule has 0 bridgehead atoms. The van der Waals surface area contributed by atoms with Crippen LogP contribution < -0.4 is 10.6 Å². The van der Waals surface area contributed by atoms with Gasteiger partial charge in [-0.15, -0.1) is 0 Å². The number of carbonyl (C=O) groups excluding carboxylic acids is 1. The molecule has 0 aliphatic rings. The zero-order valence-electron chi connectivity index (χ0n) is 9.23. The summed E-state index contributed by atoms with van der Waals surface area (Å²) >= 11 is 0. The Labute approximate surface area is 90.9 Å². The number of benzene rings is 1. The van der Waals surface area contributed by atoms with Crippen LogP contribution in [0.5, 0.6) is 0 Å². The van der Waals surface area contributed by atoms with Crippen LogP contribution in [-0.2, 0) is 11.3 Å². The molecule has 1 rings (SSSR count).